The van der Waals surface area contributed by atoms with Crippen molar-refractivity contribution in [2.24, 2.45) is 0 Å². The zero-order chi connectivity index (χ0) is 34.4. The van der Waals surface area contributed by atoms with E-state index in [4.69, 9.17) is 15.0 Å². The summed E-state index contributed by atoms with van der Waals surface area (Å²) in [6, 6.07) is 64.0. The van der Waals surface area contributed by atoms with Crippen molar-refractivity contribution in [1.29, 1.82) is 0 Å². The van der Waals surface area contributed by atoms with Gasteiger partial charge in [-0.25, -0.2) is 15.0 Å². The van der Waals surface area contributed by atoms with Gasteiger partial charge in [0, 0.05) is 53.9 Å². The number of fused-ring (bicyclic) bond motifs is 6. The molecular weight excluding hydrogens is 653 g/mol. The molecule has 0 N–H and O–H groups in total. The highest BCUT2D eigenvalue weighted by molar-refractivity contribution is 7.26. The van der Waals surface area contributed by atoms with Crippen molar-refractivity contribution >= 4 is 70.1 Å². The van der Waals surface area contributed by atoms with Crippen LogP contribution in [-0.2, 0) is 0 Å². The average Bonchev–Trinajstić information content (AvgIpc) is 3.60. The predicted molar refractivity (Wildman–Crippen MR) is 219 cm³/mol. The van der Waals surface area contributed by atoms with Crippen molar-refractivity contribution < 1.29 is 0 Å². The SMILES string of the molecule is c1ccc(-c2nc(-c3ccccc3)nc(-c3cc4sc5ccc(N(c6ccccc6)c6ccc7ccccc7c6)cc5c4c4ccccc34)n2)cc1. The minimum atomic E-state index is 0.657. The molecule has 0 aliphatic carbocycles. The Morgan fingerprint density at radius 1 is 0.365 bits per heavy atom. The lowest BCUT2D eigenvalue weighted by molar-refractivity contribution is 1.08. The molecule has 0 atom stereocenters. The van der Waals surface area contributed by atoms with E-state index in [1.165, 1.54) is 36.3 Å². The number of para-hydroxylation sites is 1. The number of thiophene rings is 1. The molecule has 0 fully saturated rings. The third kappa shape index (κ3) is 5.27. The summed E-state index contributed by atoms with van der Waals surface area (Å²) in [5.41, 5.74) is 6.25. The van der Waals surface area contributed by atoms with Crippen LogP contribution in [0.15, 0.2) is 182 Å². The van der Waals surface area contributed by atoms with E-state index in [2.05, 4.69) is 150 Å². The second-order valence-corrected chi connectivity index (χ2v) is 13.9. The maximum atomic E-state index is 5.11. The number of aromatic nitrogens is 3. The molecule has 52 heavy (non-hydrogen) atoms. The van der Waals surface area contributed by atoms with E-state index in [1.54, 1.807) is 0 Å². The molecule has 0 spiro atoms. The minimum Gasteiger partial charge on any atom is -0.310 e. The molecule has 0 saturated carbocycles. The molecule has 10 rings (SSSR count). The van der Waals surface area contributed by atoms with Crippen LogP contribution in [0.25, 0.3) is 75.9 Å². The molecule has 0 aliphatic heterocycles. The van der Waals surface area contributed by atoms with Crippen LogP contribution < -0.4 is 4.90 Å². The minimum absolute atomic E-state index is 0.657. The highest BCUT2D eigenvalue weighted by Gasteiger charge is 2.20. The highest BCUT2D eigenvalue weighted by atomic mass is 32.1. The number of anilines is 3. The number of hydrogen-bond donors (Lipinski definition) is 0. The van der Waals surface area contributed by atoms with Crippen LogP contribution in [0.5, 0.6) is 0 Å². The number of rotatable bonds is 6. The Balaban J connectivity index is 1.19. The zero-order valence-corrected chi connectivity index (χ0v) is 28.8. The monoisotopic (exact) mass is 682 g/mol. The Hall–Kier alpha value is -6.69. The molecule has 4 nitrogen and oxygen atoms in total. The summed E-state index contributed by atoms with van der Waals surface area (Å²) < 4.78 is 2.43. The van der Waals surface area contributed by atoms with E-state index in [0.717, 1.165) is 39.1 Å². The normalized spacial score (nSPS) is 11.5. The molecule has 10 aromatic rings. The molecule has 5 heteroatoms. The number of nitrogens with zero attached hydrogens (tertiary/aromatic N) is 4. The molecule has 244 valence electrons. The van der Waals surface area contributed by atoms with Gasteiger partial charge in [0.2, 0.25) is 0 Å². The summed E-state index contributed by atoms with van der Waals surface area (Å²) in [6.45, 7) is 0. The van der Waals surface area contributed by atoms with E-state index >= 15 is 0 Å². The van der Waals surface area contributed by atoms with Crippen LogP contribution in [0.3, 0.4) is 0 Å². The van der Waals surface area contributed by atoms with Crippen molar-refractivity contribution in [3.05, 3.63) is 182 Å². The van der Waals surface area contributed by atoms with Gasteiger partial charge in [0.25, 0.3) is 0 Å². The molecule has 0 unspecified atom stereocenters. The average molecular weight is 683 g/mol. The van der Waals surface area contributed by atoms with Crippen LogP contribution >= 0.6 is 11.3 Å². The number of hydrogen-bond acceptors (Lipinski definition) is 5. The molecule has 0 amide bonds. The molecule has 0 aliphatic rings. The van der Waals surface area contributed by atoms with Crippen molar-refractivity contribution in [2.45, 2.75) is 0 Å². The summed E-state index contributed by atoms with van der Waals surface area (Å²) in [4.78, 5) is 17.5. The molecular formula is C47H30N4S. The Morgan fingerprint density at radius 2 is 0.923 bits per heavy atom. The van der Waals surface area contributed by atoms with Gasteiger partial charge in [-0.2, -0.15) is 0 Å². The van der Waals surface area contributed by atoms with Gasteiger partial charge in [-0.15, -0.1) is 11.3 Å². The van der Waals surface area contributed by atoms with Crippen molar-refractivity contribution in [1.82, 2.24) is 15.0 Å². The lowest BCUT2D eigenvalue weighted by Crippen LogP contribution is -2.09. The largest absolute Gasteiger partial charge is 0.310 e. The third-order valence-corrected chi connectivity index (χ3v) is 10.8. The highest BCUT2D eigenvalue weighted by Crippen LogP contribution is 2.45. The number of benzene rings is 8. The Morgan fingerprint density at radius 3 is 1.63 bits per heavy atom. The standard InChI is InChI=1S/C47H30N4S/c1-4-15-32(16-5-1)45-48-46(33-17-6-2-7-18-33)50-47(49-45)40-30-43-44(39-23-13-12-22-38(39)40)41-29-37(26-27-42(41)52-43)51(35-20-8-3-9-21-35)36-25-24-31-14-10-11-19-34(31)28-36/h1-30H. The fourth-order valence-corrected chi connectivity index (χ4v) is 8.36. The summed E-state index contributed by atoms with van der Waals surface area (Å²) in [6.07, 6.45) is 0. The van der Waals surface area contributed by atoms with E-state index in [9.17, 15) is 0 Å². The van der Waals surface area contributed by atoms with Crippen molar-refractivity contribution in [2.75, 3.05) is 4.90 Å². The molecule has 0 radical (unpaired) electrons. The smallest absolute Gasteiger partial charge is 0.164 e. The Kier molecular flexibility index (Phi) is 7.29. The van der Waals surface area contributed by atoms with Gasteiger partial charge in [0.05, 0.1) is 0 Å². The maximum Gasteiger partial charge on any atom is 0.164 e. The lowest BCUT2D eigenvalue weighted by atomic mass is 9.98. The van der Waals surface area contributed by atoms with Gasteiger partial charge in [0.1, 0.15) is 0 Å². The first-order chi connectivity index (χ1) is 25.8. The van der Waals surface area contributed by atoms with E-state index < -0.39 is 0 Å². The lowest BCUT2D eigenvalue weighted by Gasteiger charge is -2.26. The fraction of sp³-hybridized carbons (Fsp3) is 0. The van der Waals surface area contributed by atoms with E-state index in [1.807, 2.05) is 47.7 Å². The predicted octanol–water partition coefficient (Wildman–Crippen LogP) is 13.0. The van der Waals surface area contributed by atoms with Gasteiger partial charge >= 0.3 is 0 Å². The van der Waals surface area contributed by atoms with Crippen LogP contribution in [0, 0.1) is 0 Å². The summed E-state index contributed by atoms with van der Waals surface area (Å²) in [5.74, 6) is 1.98. The zero-order valence-electron chi connectivity index (χ0n) is 28.0. The molecule has 8 aromatic carbocycles. The first kappa shape index (κ1) is 30.2. The Bertz CT molecular complexity index is 2850. The maximum absolute atomic E-state index is 5.11. The fourth-order valence-electron chi connectivity index (χ4n) is 7.22. The quantitative estimate of drug-likeness (QED) is 0.175. The van der Waals surface area contributed by atoms with Gasteiger partial charge in [0.15, 0.2) is 17.5 Å². The summed E-state index contributed by atoms with van der Waals surface area (Å²) in [5, 5.41) is 7.20. The van der Waals surface area contributed by atoms with Crippen molar-refractivity contribution in [3.63, 3.8) is 0 Å². The van der Waals surface area contributed by atoms with Crippen molar-refractivity contribution in [3.8, 4) is 34.2 Å². The molecule has 2 aromatic heterocycles. The molecule has 0 bridgehead atoms. The van der Waals surface area contributed by atoms with Crippen LogP contribution in [0.4, 0.5) is 17.1 Å². The van der Waals surface area contributed by atoms with E-state index in [-0.39, 0.29) is 0 Å². The summed E-state index contributed by atoms with van der Waals surface area (Å²) in [7, 11) is 0. The van der Waals surface area contributed by atoms with Crippen LogP contribution in [-0.4, -0.2) is 15.0 Å². The van der Waals surface area contributed by atoms with Gasteiger partial charge in [-0.3, -0.25) is 0 Å². The first-order valence-electron chi connectivity index (χ1n) is 17.4. The molecule has 2 heterocycles. The first-order valence-corrected chi connectivity index (χ1v) is 18.2. The van der Waals surface area contributed by atoms with Crippen LogP contribution in [0.1, 0.15) is 0 Å². The van der Waals surface area contributed by atoms with E-state index in [0.29, 0.717) is 17.5 Å². The van der Waals surface area contributed by atoms with Gasteiger partial charge in [-0.1, -0.05) is 133 Å². The second-order valence-electron chi connectivity index (χ2n) is 12.9. The summed E-state index contributed by atoms with van der Waals surface area (Å²) >= 11 is 1.81. The van der Waals surface area contributed by atoms with Gasteiger partial charge < -0.3 is 4.90 Å². The second kappa shape index (κ2) is 12.6. The van der Waals surface area contributed by atoms with Gasteiger partial charge in [-0.05, 0) is 70.1 Å². The molecule has 0 saturated heterocycles. The third-order valence-electron chi connectivity index (χ3n) is 9.66. The Labute approximate surface area is 305 Å². The van der Waals surface area contributed by atoms with Crippen LogP contribution in [0.2, 0.25) is 0 Å². The topological polar surface area (TPSA) is 41.9 Å².